The fraction of sp³-hybridized carbons (Fsp3) is 0.383. The Morgan fingerprint density at radius 1 is 0.283 bits per heavy atom. The molecule has 0 atom stereocenters. The average Bonchev–Trinajstić information content (AvgIpc) is 1.78. The van der Waals surface area contributed by atoms with Crippen molar-refractivity contribution in [3.63, 3.8) is 0 Å². The summed E-state index contributed by atoms with van der Waals surface area (Å²) < 4.78 is 23.3. The van der Waals surface area contributed by atoms with E-state index in [1.807, 2.05) is 6.07 Å². The predicted molar refractivity (Wildman–Crippen MR) is 416 cm³/mol. The van der Waals surface area contributed by atoms with Crippen molar-refractivity contribution in [1.82, 2.24) is 8.75 Å². The van der Waals surface area contributed by atoms with Crippen molar-refractivity contribution in [2.75, 3.05) is 13.2 Å². The Bertz CT molecular complexity index is 4590. The lowest BCUT2D eigenvalue weighted by atomic mass is 9.91. The Hall–Kier alpha value is -9.02. The number of rotatable bonds is 24. The number of hydrogen-bond donors (Lipinski definition) is 0. The van der Waals surface area contributed by atoms with Crippen LogP contribution >= 0.6 is 11.7 Å². The van der Waals surface area contributed by atoms with E-state index in [4.69, 9.17) is 18.2 Å². The number of fused-ring (bicyclic) bond motifs is 1. The number of aryl methyl sites for hydroxylation is 12. The fourth-order valence-electron chi connectivity index (χ4n) is 13.6. The van der Waals surface area contributed by atoms with Gasteiger partial charge in [-0.05, 0) is 207 Å². The molecule has 0 spiro atoms. The lowest BCUT2D eigenvalue weighted by Crippen LogP contribution is -2.04. The molecular weight excluding hydrogens is 1220 g/mol. The smallest absolute Gasteiger partial charge is 0.136 e. The van der Waals surface area contributed by atoms with E-state index in [1.165, 1.54) is 176 Å². The summed E-state index contributed by atoms with van der Waals surface area (Å²) in [5, 5.41) is 0. The molecule has 8 bridgehead atoms. The molecule has 0 aliphatic heterocycles. The molecule has 99 heavy (non-hydrogen) atoms. The molecule has 5 heteroatoms. The van der Waals surface area contributed by atoms with Gasteiger partial charge in [0, 0.05) is 45.5 Å². The first kappa shape index (κ1) is 71.3. The second-order valence-corrected chi connectivity index (χ2v) is 28.4. The van der Waals surface area contributed by atoms with Crippen LogP contribution in [-0.4, -0.2) is 22.0 Å². The van der Waals surface area contributed by atoms with Crippen LogP contribution in [0.15, 0.2) is 133 Å². The molecule has 0 unspecified atom stereocenters. The number of unbranched alkanes of at least 4 members (excludes halogenated alkanes) is 18. The summed E-state index contributed by atoms with van der Waals surface area (Å²) in [6.07, 6.45) is 32.3. The van der Waals surface area contributed by atoms with Gasteiger partial charge in [-0.25, -0.2) is 0 Å². The van der Waals surface area contributed by atoms with E-state index in [9.17, 15) is 0 Å². The monoisotopic (exact) mass is 1320 g/mol. The maximum atomic E-state index is 6.92. The van der Waals surface area contributed by atoms with E-state index in [1.54, 1.807) is 0 Å². The lowest BCUT2D eigenvalue weighted by Gasteiger charge is -2.15. The highest BCUT2D eigenvalue weighted by molar-refractivity contribution is 7.00. The lowest BCUT2D eigenvalue weighted by molar-refractivity contribution is 0.295. The minimum atomic E-state index is 0.622. The average molecular weight is 1320 g/mol. The van der Waals surface area contributed by atoms with E-state index in [0.29, 0.717) is 13.2 Å². The summed E-state index contributed by atoms with van der Waals surface area (Å²) in [6.45, 7) is 14.3. The van der Waals surface area contributed by atoms with Crippen LogP contribution in [0.5, 0.6) is 11.5 Å². The highest BCUT2D eigenvalue weighted by atomic mass is 32.1. The minimum absolute atomic E-state index is 0.622. The quantitative estimate of drug-likeness (QED) is 0.0447. The van der Waals surface area contributed by atoms with Gasteiger partial charge in [0.25, 0.3) is 0 Å². The van der Waals surface area contributed by atoms with E-state index in [2.05, 4.69) is 228 Å². The van der Waals surface area contributed by atoms with Crippen LogP contribution in [0.2, 0.25) is 0 Å². The molecule has 9 aromatic rings. The standard InChI is InChI=1S/C94H100N2O2S/c1-7-9-11-13-15-17-19-21-23-25-59-97-91-68-90(58-56-88-66-76-34-42-78-41-33-74(36-44-80(88)46-38-76)64-86(78)54-52-84-62-70(4)28-30-72(84)6)92(98-60-26-24-22-20-18-16-14-12-10-8-2)67-89(91)57-55-87-65-75-32-40-77-39-31-73(35-43-79(87)45-37-75)63-85(77)53-50-82-48-47-81(93-94(82)96-99-95-93)49-51-83-61-69(3)27-29-71(83)5/h27-31,33,37-39,41,45-48,61-68H,7-26,32,34-36,40,42-44,59-60H2,1-6H3. The van der Waals surface area contributed by atoms with Crippen LogP contribution in [0.25, 0.3) is 11.0 Å². The third-order valence-corrected chi connectivity index (χ3v) is 20.4. The first-order valence-electron chi connectivity index (χ1n) is 37.5. The third-order valence-electron chi connectivity index (χ3n) is 19.9. The first-order valence-corrected chi connectivity index (χ1v) is 38.3. The van der Waals surface area contributed by atoms with Gasteiger partial charge < -0.3 is 9.47 Å². The Morgan fingerprint density at radius 2 is 0.576 bits per heavy atom. The maximum absolute atomic E-state index is 6.92. The zero-order valence-corrected chi connectivity index (χ0v) is 60.9. The second-order valence-electron chi connectivity index (χ2n) is 27.9. The molecule has 8 aliphatic rings. The van der Waals surface area contributed by atoms with Crippen LogP contribution in [-0.2, 0) is 51.4 Å². The van der Waals surface area contributed by atoms with Gasteiger partial charge in [-0.15, -0.1) is 0 Å². The summed E-state index contributed by atoms with van der Waals surface area (Å²) in [5.41, 5.74) is 26.4. The normalized spacial score (nSPS) is 12.1. The van der Waals surface area contributed by atoms with E-state index >= 15 is 0 Å². The highest BCUT2D eigenvalue weighted by Crippen LogP contribution is 2.32. The highest BCUT2D eigenvalue weighted by Gasteiger charge is 2.17. The summed E-state index contributed by atoms with van der Waals surface area (Å²) in [6, 6.07) is 49.1. The second kappa shape index (κ2) is 37.2. The van der Waals surface area contributed by atoms with Crippen LogP contribution in [0.3, 0.4) is 0 Å². The van der Waals surface area contributed by atoms with E-state index < -0.39 is 0 Å². The molecule has 1 aromatic heterocycles. The number of nitrogens with zero attached hydrogens (tertiary/aromatic N) is 2. The van der Waals surface area contributed by atoms with Crippen molar-refractivity contribution in [2.45, 2.75) is 221 Å². The molecule has 4 nitrogen and oxygen atoms in total. The predicted octanol–water partition coefficient (Wildman–Crippen LogP) is 22.3. The van der Waals surface area contributed by atoms with Crippen molar-refractivity contribution in [2.24, 2.45) is 0 Å². The largest absolute Gasteiger partial charge is 0.492 e. The Kier molecular flexibility index (Phi) is 26.8. The van der Waals surface area contributed by atoms with Crippen LogP contribution in [0.4, 0.5) is 0 Å². The SMILES string of the molecule is CCCCCCCCCCCCOc1cc(C#Cc2cc3ccc2CCc2ccc(c(C#Cc4ccc(C#Cc5cc(C)ccc5C)c5nsnc45)c2)CC3)c(OCCCCCCCCCCCC)cc1C#Cc1cc2ccc1CCc1ccc(c(C#Cc3cc(C)ccc3C)c1)CC2. The minimum Gasteiger partial charge on any atom is -0.492 e. The summed E-state index contributed by atoms with van der Waals surface area (Å²) in [5.74, 6) is 37.6. The van der Waals surface area contributed by atoms with Gasteiger partial charge in [0.05, 0.1) is 47.2 Å². The molecule has 8 aliphatic carbocycles. The van der Waals surface area contributed by atoms with Gasteiger partial charge in [-0.3, -0.25) is 0 Å². The first-order chi connectivity index (χ1) is 48.6. The molecule has 0 saturated carbocycles. The van der Waals surface area contributed by atoms with Crippen molar-refractivity contribution in [3.8, 4) is 70.7 Å². The van der Waals surface area contributed by atoms with Crippen molar-refractivity contribution in [1.29, 1.82) is 0 Å². The maximum Gasteiger partial charge on any atom is 0.136 e. The number of aromatic nitrogens is 2. The van der Waals surface area contributed by atoms with E-state index in [0.717, 1.165) is 161 Å². The fourth-order valence-corrected chi connectivity index (χ4v) is 14.2. The van der Waals surface area contributed by atoms with Gasteiger partial charge in [0.2, 0.25) is 0 Å². The molecule has 17 rings (SSSR count). The molecule has 0 radical (unpaired) electrons. The van der Waals surface area contributed by atoms with Gasteiger partial charge in [0.15, 0.2) is 0 Å². The van der Waals surface area contributed by atoms with Crippen LogP contribution in [0.1, 0.15) is 265 Å². The van der Waals surface area contributed by atoms with Crippen LogP contribution < -0.4 is 9.47 Å². The van der Waals surface area contributed by atoms with Gasteiger partial charge in [-0.2, -0.15) is 8.75 Å². The number of ether oxygens (including phenoxy) is 2. The molecule has 0 N–H and O–H groups in total. The molecule has 0 amide bonds. The molecule has 0 fully saturated rings. The van der Waals surface area contributed by atoms with E-state index in [-0.39, 0.29) is 0 Å². The van der Waals surface area contributed by atoms with Crippen LogP contribution in [0, 0.1) is 86.9 Å². The van der Waals surface area contributed by atoms with Gasteiger partial charge in [-0.1, -0.05) is 261 Å². The van der Waals surface area contributed by atoms with Crippen molar-refractivity contribution in [3.05, 3.63) is 256 Å². The number of benzene rings is 8. The Labute approximate surface area is 598 Å². The summed E-state index contributed by atoms with van der Waals surface area (Å²) in [7, 11) is 0. The topological polar surface area (TPSA) is 44.2 Å². The molecule has 8 aromatic carbocycles. The molecule has 1 heterocycles. The molecular formula is C94H100N2O2S. The zero-order chi connectivity index (χ0) is 68.4. The molecule has 0 saturated heterocycles. The van der Waals surface area contributed by atoms with Gasteiger partial charge in [0.1, 0.15) is 22.5 Å². The Balaban J connectivity index is 0.865. The molecule has 504 valence electrons. The van der Waals surface area contributed by atoms with Crippen molar-refractivity contribution < 1.29 is 9.47 Å². The third kappa shape index (κ3) is 21.0. The zero-order valence-electron chi connectivity index (χ0n) is 60.0. The summed E-state index contributed by atoms with van der Waals surface area (Å²) >= 11 is 1.21. The van der Waals surface area contributed by atoms with Crippen molar-refractivity contribution >= 4 is 22.8 Å². The van der Waals surface area contributed by atoms with Gasteiger partial charge >= 0.3 is 0 Å². The number of hydrogen-bond acceptors (Lipinski definition) is 5. The summed E-state index contributed by atoms with van der Waals surface area (Å²) in [4.78, 5) is 0. The Morgan fingerprint density at radius 3 is 0.909 bits per heavy atom.